The summed E-state index contributed by atoms with van der Waals surface area (Å²) in [5, 5.41) is 28.9. The van der Waals surface area contributed by atoms with E-state index in [1.807, 2.05) is 12.4 Å². The Morgan fingerprint density at radius 3 is 2.84 bits per heavy atom. The number of nitrogen functional groups attached to an aromatic ring is 1. The first kappa shape index (κ1) is 30.7. The summed E-state index contributed by atoms with van der Waals surface area (Å²) in [4.78, 5) is 16.5. The van der Waals surface area contributed by atoms with E-state index in [0.29, 0.717) is 47.9 Å². The van der Waals surface area contributed by atoms with Gasteiger partial charge in [0.1, 0.15) is 16.9 Å². The maximum absolute atomic E-state index is 10.2. The highest BCUT2D eigenvalue weighted by Crippen LogP contribution is 2.55. The maximum atomic E-state index is 10.2. The molecule has 5 aromatic heterocycles. The first-order valence-corrected chi connectivity index (χ1v) is 18.3. The van der Waals surface area contributed by atoms with Crippen molar-refractivity contribution in [2.45, 2.75) is 95.4 Å². The summed E-state index contributed by atoms with van der Waals surface area (Å²) >= 11 is 1.55. The fraction of sp³-hybridized carbons (Fsp3) is 0.543. The predicted molar refractivity (Wildman–Crippen MR) is 185 cm³/mol. The second kappa shape index (κ2) is 11.6. The Balaban J connectivity index is 1.23. The average molecular weight is 680 g/mol. The fourth-order valence-electron chi connectivity index (χ4n) is 9.24. The Kier molecular flexibility index (Phi) is 7.30. The molecule has 1 fully saturated rings. The van der Waals surface area contributed by atoms with Gasteiger partial charge in [0.2, 0.25) is 0 Å². The number of rotatable bonds is 4. The van der Waals surface area contributed by atoms with Crippen LogP contribution < -0.4 is 10.6 Å². The van der Waals surface area contributed by atoms with E-state index in [9.17, 15) is 5.26 Å². The van der Waals surface area contributed by atoms with Crippen LogP contribution in [0.15, 0.2) is 16.9 Å². The molecule has 4 aliphatic rings. The van der Waals surface area contributed by atoms with Crippen molar-refractivity contribution in [1.29, 1.82) is 5.26 Å². The molecule has 4 unspecified atom stereocenters. The summed E-state index contributed by atoms with van der Waals surface area (Å²) in [6.45, 7) is 7.19. The number of likely N-dealkylation sites (tertiary alicyclic amines) is 1. The molecular formula is C35H41N11O2S. The molecule has 9 rings (SSSR count). The SMILES string of the molecule is CC1c2cn[nH]c2COCCN1c1nc(-c2noc3c2CCCC32CCCc3sc(N)c(C#N)c32)nc2c1cnn2C(C)C1CCCN1C. The average Bonchev–Trinajstić information content (AvgIpc) is 3.93. The molecule has 2 aliphatic heterocycles. The maximum Gasteiger partial charge on any atom is 0.186 e. The van der Waals surface area contributed by atoms with Crippen molar-refractivity contribution in [3.63, 3.8) is 0 Å². The Bertz CT molecular complexity index is 2100. The van der Waals surface area contributed by atoms with Crippen LogP contribution in [0.3, 0.4) is 0 Å². The molecule has 0 bridgehead atoms. The molecule has 13 nitrogen and oxygen atoms in total. The zero-order valence-corrected chi connectivity index (χ0v) is 29.0. The number of aromatic nitrogens is 7. The zero-order valence-electron chi connectivity index (χ0n) is 28.2. The Hall–Kier alpha value is -4.32. The molecule has 0 radical (unpaired) electrons. The molecule has 3 N–H and O–H groups in total. The second-order valence-electron chi connectivity index (χ2n) is 14.2. The number of hydrogen-bond donors (Lipinski definition) is 2. The first-order valence-electron chi connectivity index (χ1n) is 17.5. The van der Waals surface area contributed by atoms with Crippen molar-refractivity contribution >= 4 is 33.2 Å². The molecule has 254 valence electrons. The normalized spacial score (nSPS) is 24.7. The molecule has 5 aromatic rings. The van der Waals surface area contributed by atoms with Gasteiger partial charge in [-0.1, -0.05) is 5.16 Å². The van der Waals surface area contributed by atoms with E-state index in [1.165, 1.54) is 11.3 Å². The number of aryl methyl sites for hydroxylation is 1. The van der Waals surface area contributed by atoms with Crippen LogP contribution in [0.4, 0.5) is 10.8 Å². The third-order valence-electron chi connectivity index (χ3n) is 11.7. The standard InChI is InChI=1S/C35H41N11O2S/c1-19-23-16-38-42-25(23)18-47-14-13-45(19)33-24-17-39-46(20(2)26-8-6-12-44(26)3)34(24)41-32(40-33)29-21-7-4-10-35(30(21)48-43-29)11-5-9-27-28(35)22(15-36)31(37)49-27/h16-17,19-20,26H,4-14,18,37H2,1-3H3,(H,38,42). The van der Waals surface area contributed by atoms with Gasteiger partial charge in [-0.15, -0.1) is 11.3 Å². The Labute approximate surface area is 288 Å². The van der Waals surface area contributed by atoms with Gasteiger partial charge >= 0.3 is 0 Å². The molecule has 0 amide bonds. The molecule has 0 saturated carbocycles. The number of H-pyrrole nitrogens is 1. The molecule has 1 saturated heterocycles. The lowest BCUT2D eigenvalue weighted by Crippen LogP contribution is -2.35. The van der Waals surface area contributed by atoms with Gasteiger partial charge in [0, 0.05) is 28.6 Å². The van der Waals surface area contributed by atoms with E-state index in [2.05, 4.69) is 51.6 Å². The highest BCUT2D eigenvalue weighted by Gasteiger charge is 2.49. The van der Waals surface area contributed by atoms with Crippen molar-refractivity contribution in [1.82, 2.24) is 40.0 Å². The van der Waals surface area contributed by atoms with Gasteiger partial charge in [-0.2, -0.15) is 15.5 Å². The third kappa shape index (κ3) is 4.58. The first-order chi connectivity index (χ1) is 23.9. The number of ether oxygens (including phenoxy) is 1. The van der Waals surface area contributed by atoms with Crippen LogP contribution in [0.25, 0.3) is 22.6 Å². The highest BCUT2D eigenvalue weighted by molar-refractivity contribution is 7.16. The molecule has 1 spiro atoms. The molecular weight excluding hydrogens is 639 g/mol. The van der Waals surface area contributed by atoms with E-state index in [4.69, 9.17) is 35.2 Å². The largest absolute Gasteiger partial charge is 0.389 e. The molecule has 4 atom stereocenters. The Morgan fingerprint density at radius 2 is 2.02 bits per heavy atom. The van der Waals surface area contributed by atoms with E-state index in [1.54, 1.807) is 11.3 Å². The van der Waals surface area contributed by atoms with Crippen LogP contribution >= 0.6 is 11.3 Å². The highest BCUT2D eigenvalue weighted by atomic mass is 32.1. The predicted octanol–water partition coefficient (Wildman–Crippen LogP) is 5.43. The number of hydrogen-bond acceptors (Lipinski definition) is 12. The smallest absolute Gasteiger partial charge is 0.186 e. The van der Waals surface area contributed by atoms with Crippen molar-refractivity contribution < 1.29 is 9.26 Å². The summed E-state index contributed by atoms with van der Waals surface area (Å²) in [6.07, 6.45) is 11.6. The number of nitrogens with zero attached hydrogens (tertiary/aromatic N) is 9. The molecule has 7 heterocycles. The number of nitriles is 1. The summed E-state index contributed by atoms with van der Waals surface area (Å²) in [7, 11) is 2.20. The van der Waals surface area contributed by atoms with Crippen LogP contribution in [0.5, 0.6) is 0 Å². The summed E-state index contributed by atoms with van der Waals surface area (Å²) in [6, 6.07) is 2.88. The lowest BCUT2D eigenvalue weighted by molar-refractivity contribution is 0.118. The molecule has 0 aromatic carbocycles. The van der Waals surface area contributed by atoms with E-state index in [0.717, 1.165) is 96.5 Å². The molecule has 49 heavy (non-hydrogen) atoms. The minimum Gasteiger partial charge on any atom is -0.389 e. The van der Waals surface area contributed by atoms with Crippen molar-refractivity contribution in [3.8, 4) is 17.6 Å². The minimum absolute atomic E-state index is 0.0195. The van der Waals surface area contributed by atoms with E-state index < -0.39 is 5.41 Å². The van der Waals surface area contributed by atoms with Gasteiger partial charge < -0.3 is 24.8 Å². The second-order valence-corrected chi connectivity index (χ2v) is 15.4. The summed E-state index contributed by atoms with van der Waals surface area (Å²) in [5.41, 5.74) is 12.2. The van der Waals surface area contributed by atoms with Crippen LogP contribution in [0.1, 0.15) is 103 Å². The summed E-state index contributed by atoms with van der Waals surface area (Å²) < 4.78 is 14.5. The topological polar surface area (TPSA) is 164 Å². The number of likely N-dealkylation sites (N-methyl/N-ethyl adjacent to an activating group) is 1. The number of fused-ring (bicyclic) bond motifs is 6. The monoisotopic (exact) mass is 679 g/mol. The molecule has 14 heteroatoms. The number of thiophene rings is 1. The molecule has 2 aliphatic carbocycles. The van der Waals surface area contributed by atoms with Gasteiger partial charge in [-0.05, 0) is 84.4 Å². The van der Waals surface area contributed by atoms with Gasteiger partial charge in [0.15, 0.2) is 22.9 Å². The van der Waals surface area contributed by atoms with Crippen LogP contribution in [0.2, 0.25) is 0 Å². The van der Waals surface area contributed by atoms with Crippen LogP contribution in [-0.4, -0.2) is 72.8 Å². The van der Waals surface area contributed by atoms with Crippen LogP contribution in [0, 0.1) is 11.3 Å². The van der Waals surface area contributed by atoms with E-state index >= 15 is 0 Å². The zero-order chi connectivity index (χ0) is 33.4. The minimum atomic E-state index is -0.422. The number of anilines is 2. The van der Waals surface area contributed by atoms with Gasteiger partial charge in [0.05, 0.1) is 59.7 Å². The third-order valence-corrected chi connectivity index (χ3v) is 12.8. The van der Waals surface area contributed by atoms with Gasteiger partial charge in [0.25, 0.3) is 0 Å². The summed E-state index contributed by atoms with van der Waals surface area (Å²) in [5.74, 6) is 2.17. The lowest BCUT2D eigenvalue weighted by Gasteiger charge is -2.39. The number of nitrogens with one attached hydrogen (secondary N) is 1. The Morgan fingerprint density at radius 1 is 1.16 bits per heavy atom. The van der Waals surface area contributed by atoms with Gasteiger partial charge in [-0.25, -0.2) is 14.6 Å². The quantitative estimate of drug-likeness (QED) is 0.249. The van der Waals surface area contributed by atoms with Crippen LogP contribution in [-0.2, 0) is 29.6 Å². The number of aromatic amines is 1. The van der Waals surface area contributed by atoms with Crippen molar-refractivity contribution in [2.24, 2.45) is 0 Å². The van der Waals surface area contributed by atoms with Crippen molar-refractivity contribution in [2.75, 3.05) is 37.4 Å². The van der Waals surface area contributed by atoms with Crippen molar-refractivity contribution in [3.05, 3.63) is 51.0 Å². The fourth-order valence-corrected chi connectivity index (χ4v) is 10.4. The van der Waals surface area contributed by atoms with E-state index in [-0.39, 0.29) is 12.1 Å². The number of nitrogens with two attached hydrogens (primary N) is 1. The van der Waals surface area contributed by atoms with Gasteiger partial charge in [-0.3, -0.25) is 5.10 Å². The lowest BCUT2D eigenvalue weighted by atomic mass is 9.63.